The molecular formula is C10H19Cl2N3O2S. The summed E-state index contributed by atoms with van der Waals surface area (Å²) in [5.41, 5.74) is 6.47. The summed E-state index contributed by atoms with van der Waals surface area (Å²) in [7, 11) is 1.51. The van der Waals surface area contributed by atoms with Gasteiger partial charge in [0.15, 0.2) is 0 Å². The second-order valence-corrected chi connectivity index (χ2v) is 4.65. The Balaban J connectivity index is 0. The number of thiazole rings is 1. The van der Waals surface area contributed by atoms with Gasteiger partial charge >= 0.3 is 0 Å². The molecule has 0 fully saturated rings. The standard InChI is InChI=1S/C10H17N3O2S.2ClH/c1-6(9-5-16-7(2)13-9)12-10(14)8(11)4-15-3;;/h5-6,8H,4,11H2,1-3H3,(H,12,14);2*1H. The van der Waals surface area contributed by atoms with E-state index in [4.69, 9.17) is 10.5 Å². The number of nitrogens with zero attached hydrogens (tertiary/aromatic N) is 1. The Hall–Kier alpha value is -0.400. The molecule has 8 heteroatoms. The molecule has 0 bridgehead atoms. The number of aromatic nitrogens is 1. The van der Waals surface area contributed by atoms with Crippen LogP contribution in [-0.4, -0.2) is 30.6 Å². The summed E-state index contributed by atoms with van der Waals surface area (Å²) in [5.74, 6) is -0.222. The Morgan fingerprint density at radius 3 is 2.67 bits per heavy atom. The van der Waals surface area contributed by atoms with E-state index < -0.39 is 6.04 Å². The van der Waals surface area contributed by atoms with Crippen LogP contribution in [0.3, 0.4) is 0 Å². The van der Waals surface area contributed by atoms with Gasteiger partial charge in [-0.25, -0.2) is 4.98 Å². The molecule has 0 aliphatic rings. The molecule has 1 rings (SSSR count). The van der Waals surface area contributed by atoms with Crippen LogP contribution < -0.4 is 11.1 Å². The quantitative estimate of drug-likeness (QED) is 0.862. The predicted molar refractivity (Wildman–Crippen MR) is 77.8 cm³/mol. The lowest BCUT2D eigenvalue weighted by molar-refractivity contribution is -0.124. The van der Waals surface area contributed by atoms with Crippen LogP contribution in [0.4, 0.5) is 0 Å². The lowest BCUT2D eigenvalue weighted by Gasteiger charge is -2.15. The number of hydrogen-bond acceptors (Lipinski definition) is 5. The zero-order valence-corrected chi connectivity index (χ0v) is 13.0. The first-order chi connectivity index (χ1) is 7.54. The van der Waals surface area contributed by atoms with Gasteiger partial charge in [-0.3, -0.25) is 4.79 Å². The second-order valence-electron chi connectivity index (χ2n) is 3.58. The highest BCUT2D eigenvalue weighted by atomic mass is 35.5. The zero-order valence-electron chi connectivity index (χ0n) is 10.5. The SMILES string of the molecule is COCC(N)C(=O)NC(C)c1csc(C)n1.Cl.Cl. The summed E-state index contributed by atoms with van der Waals surface area (Å²) >= 11 is 1.56. The third-order valence-corrected chi connectivity index (χ3v) is 2.91. The minimum absolute atomic E-state index is 0. The van der Waals surface area contributed by atoms with Gasteiger partial charge in [0.05, 0.1) is 23.4 Å². The molecule has 1 amide bonds. The van der Waals surface area contributed by atoms with Crippen molar-refractivity contribution in [1.82, 2.24) is 10.3 Å². The normalized spacial score (nSPS) is 12.9. The van der Waals surface area contributed by atoms with E-state index in [1.165, 1.54) is 7.11 Å². The van der Waals surface area contributed by atoms with E-state index in [0.717, 1.165) is 10.7 Å². The number of amides is 1. The molecule has 1 heterocycles. The van der Waals surface area contributed by atoms with Crippen molar-refractivity contribution in [2.24, 2.45) is 5.73 Å². The van der Waals surface area contributed by atoms with Gasteiger partial charge in [-0.15, -0.1) is 36.2 Å². The minimum atomic E-state index is -0.632. The van der Waals surface area contributed by atoms with E-state index in [2.05, 4.69) is 10.3 Å². The van der Waals surface area contributed by atoms with Gasteiger partial charge in [0, 0.05) is 12.5 Å². The molecule has 18 heavy (non-hydrogen) atoms. The van der Waals surface area contributed by atoms with E-state index in [1.807, 2.05) is 19.2 Å². The van der Waals surface area contributed by atoms with E-state index in [-0.39, 0.29) is 43.4 Å². The van der Waals surface area contributed by atoms with Crippen LogP contribution in [0.15, 0.2) is 5.38 Å². The van der Waals surface area contributed by atoms with Crippen LogP contribution in [0.1, 0.15) is 23.7 Å². The molecule has 0 aliphatic carbocycles. The van der Waals surface area contributed by atoms with Crippen LogP contribution in [0.2, 0.25) is 0 Å². The van der Waals surface area contributed by atoms with E-state index in [1.54, 1.807) is 11.3 Å². The number of nitrogens with one attached hydrogen (secondary N) is 1. The molecule has 106 valence electrons. The van der Waals surface area contributed by atoms with Crippen molar-refractivity contribution in [1.29, 1.82) is 0 Å². The fraction of sp³-hybridized carbons (Fsp3) is 0.600. The first-order valence-corrected chi connectivity index (χ1v) is 5.89. The largest absolute Gasteiger partial charge is 0.383 e. The lowest BCUT2D eigenvalue weighted by atomic mass is 10.2. The van der Waals surface area contributed by atoms with E-state index in [0.29, 0.717) is 0 Å². The Morgan fingerprint density at radius 2 is 2.22 bits per heavy atom. The minimum Gasteiger partial charge on any atom is -0.383 e. The van der Waals surface area contributed by atoms with Crippen LogP contribution in [0.25, 0.3) is 0 Å². The number of carbonyl (C=O) groups is 1. The summed E-state index contributed by atoms with van der Waals surface area (Å²) in [6, 6.07) is -0.757. The van der Waals surface area contributed by atoms with Crippen LogP contribution in [0.5, 0.6) is 0 Å². The molecule has 0 spiro atoms. The van der Waals surface area contributed by atoms with Crippen molar-refractivity contribution >= 4 is 42.1 Å². The second kappa shape index (κ2) is 9.52. The van der Waals surface area contributed by atoms with Crippen LogP contribution in [-0.2, 0) is 9.53 Å². The number of nitrogens with two attached hydrogens (primary N) is 1. The third kappa shape index (κ3) is 5.97. The van der Waals surface area contributed by atoms with Gasteiger partial charge in [-0.2, -0.15) is 0 Å². The number of aryl methyl sites for hydroxylation is 1. The molecular weight excluding hydrogens is 297 g/mol. The van der Waals surface area contributed by atoms with Crippen molar-refractivity contribution in [3.8, 4) is 0 Å². The van der Waals surface area contributed by atoms with E-state index in [9.17, 15) is 4.79 Å². The number of hydrogen-bond donors (Lipinski definition) is 2. The highest BCUT2D eigenvalue weighted by Gasteiger charge is 2.17. The average Bonchev–Trinajstić information content (AvgIpc) is 2.65. The van der Waals surface area contributed by atoms with Crippen LogP contribution in [0, 0.1) is 6.92 Å². The highest BCUT2D eigenvalue weighted by molar-refractivity contribution is 7.09. The van der Waals surface area contributed by atoms with Gasteiger partial charge < -0.3 is 15.8 Å². The molecule has 0 saturated carbocycles. The number of halogens is 2. The van der Waals surface area contributed by atoms with Crippen molar-refractivity contribution in [2.75, 3.05) is 13.7 Å². The maximum atomic E-state index is 11.6. The first-order valence-electron chi connectivity index (χ1n) is 5.01. The van der Waals surface area contributed by atoms with Crippen molar-refractivity contribution in [3.05, 3.63) is 16.1 Å². The molecule has 0 radical (unpaired) electrons. The van der Waals surface area contributed by atoms with Gasteiger partial charge in [0.2, 0.25) is 5.91 Å². The highest BCUT2D eigenvalue weighted by Crippen LogP contribution is 2.15. The summed E-state index contributed by atoms with van der Waals surface area (Å²) < 4.78 is 4.82. The molecule has 1 aromatic heterocycles. The van der Waals surface area contributed by atoms with E-state index >= 15 is 0 Å². The first kappa shape index (κ1) is 19.9. The Bertz CT molecular complexity index is 363. The molecule has 2 atom stereocenters. The summed E-state index contributed by atoms with van der Waals surface area (Å²) in [6.45, 7) is 4.03. The van der Waals surface area contributed by atoms with Gasteiger partial charge in [-0.05, 0) is 13.8 Å². The third-order valence-electron chi connectivity index (χ3n) is 2.12. The summed E-state index contributed by atoms with van der Waals surface area (Å²) in [4.78, 5) is 15.9. The Morgan fingerprint density at radius 1 is 1.61 bits per heavy atom. The zero-order chi connectivity index (χ0) is 12.1. The average molecular weight is 316 g/mol. The maximum Gasteiger partial charge on any atom is 0.239 e. The number of rotatable bonds is 5. The number of ether oxygens (including phenoxy) is 1. The van der Waals surface area contributed by atoms with Crippen molar-refractivity contribution in [3.63, 3.8) is 0 Å². The van der Waals surface area contributed by atoms with Gasteiger partial charge in [-0.1, -0.05) is 0 Å². The molecule has 3 N–H and O–H groups in total. The lowest BCUT2D eigenvalue weighted by Crippen LogP contribution is -2.44. The smallest absolute Gasteiger partial charge is 0.239 e. The summed E-state index contributed by atoms with van der Waals surface area (Å²) in [5, 5.41) is 5.71. The van der Waals surface area contributed by atoms with Crippen molar-refractivity contribution in [2.45, 2.75) is 25.9 Å². The predicted octanol–water partition coefficient (Wildman–Crippen LogP) is 1.45. The molecule has 2 unspecified atom stereocenters. The van der Waals surface area contributed by atoms with Crippen molar-refractivity contribution < 1.29 is 9.53 Å². The fourth-order valence-corrected chi connectivity index (χ4v) is 1.93. The molecule has 1 aromatic rings. The molecule has 0 aliphatic heterocycles. The Kier molecular flexibility index (Phi) is 10.5. The van der Waals surface area contributed by atoms with Gasteiger partial charge in [0.1, 0.15) is 6.04 Å². The monoisotopic (exact) mass is 315 g/mol. The maximum absolute atomic E-state index is 11.6. The molecule has 0 saturated heterocycles. The van der Waals surface area contributed by atoms with Gasteiger partial charge in [0.25, 0.3) is 0 Å². The Labute approximate surface area is 123 Å². The fourth-order valence-electron chi connectivity index (χ4n) is 1.23. The number of methoxy groups -OCH3 is 1. The summed E-state index contributed by atoms with van der Waals surface area (Å²) in [6.07, 6.45) is 0. The number of carbonyl (C=O) groups excluding carboxylic acids is 1. The topological polar surface area (TPSA) is 77.2 Å². The molecule has 0 aromatic carbocycles. The van der Waals surface area contributed by atoms with Crippen LogP contribution >= 0.6 is 36.2 Å². The molecule has 5 nitrogen and oxygen atoms in total.